The van der Waals surface area contributed by atoms with Gasteiger partial charge >= 0.3 is 0 Å². The number of unbranched alkanes of at least 4 members (excludes halogenated alkanes) is 1. The first-order chi connectivity index (χ1) is 9.74. The van der Waals surface area contributed by atoms with Crippen molar-refractivity contribution < 1.29 is 0 Å². The van der Waals surface area contributed by atoms with Crippen molar-refractivity contribution in [1.29, 1.82) is 0 Å². The maximum absolute atomic E-state index is 3.77. The van der Waals surface area contributed by atoms with E-state index >= 15 is 0 Å². The van der Waals surface area contributed by atoms with Crippen LogP contribution in [0.4, 0.5) is 0 Å². The zero-order valence-corrected chi connectivity index (χ0v) is 14.7. The number of nitrogens with one attached hydrogen (secondary N) is 1. The summed E-state index contributed by atoms with van der Waals surface area (Å²) in [6, 6.07) is 5.24. The van der Waals surface area contributed by atoms with Gasteiger partial charge in [-0.3, -0.25) is 0 Å². The van der Waals surface area contributed by atoms with Gasteiger partial charge < -0.3 is 5.32 Å². The summed E-state index contributed by atoms with van der Waals surface area (Å²) in [5, 5.41) is 3.77. The van der Waals surface area contributed by atoms with Gasteiger partial charge in [0.15, 0.2) is 0 Å². The smallest absolute Gasteiger partial charge is 0.0417 e. The molecule has 2 atom stereocenters. The third-order valence-corrected chi connectivity index (χ3v) is 5.47. The van der Waals surface area contributed by atoms with E-state index in [9.17, 15) is 0 Å². The predicted octanol–water partition coefficient (Wildman–Crippen LogP) is 5.96. The van der Waals surface area contributed by atoms with Crippen LogP contribution in [0.3, 0.4) is 0 Å². The largest absolute Gasteiger partial charge is 0.309 e. The molecule has 0 spiro atoms. The molecule has 2 heteroatoms. The van der Waals surface area contributed by atoms with Crippen LogP contribution in [-0.4, -0.2) is 6.54 Å². The molecule has 2 unspecified atom stereocenters. The molecule has 0 aliphatic carbocycles. The van der Waals surface area contributed by atoms with Crippen LogP contribution in [0.15, 0.2) is 12.1 Å². The lowest BCUT2D eigenvalue weighted by atomic mass is 9.91. The van der Waals surface area contributed by atoms with Gasteiger partial charge in [0.1, 0.15) is 0 Å². The van der Waals surface area contributed by atoms with E-state index in [2.05, 4.69) is 45.1 Å². The van der Waals surface area contributed by atoms with E-state index in [1.165, 1.54) is 43.4 Å². The highest BCUT2D eigenvalue weighted by Crippen LogP contribution is 2.31. The molecule has 1 N–H and O–H groups in total. The van der Waals surface area contributed by atoms with Crippen LogP contribution >= 0.6 is 11.3 Å². The van der Waals surface area contributed by atoms with E-state index in [4.69, 9.17) is 0 Å². The Labute approximate surface area is 130 Å². The van der Waals surface area contributed by atoms with Gasteiger partial charge in [-0.25, -0.2) is 0 Å². The maximum atomic E-state index is 3.77. The van der Waals surface area contributed by atoms with Crippen LogP contribution in [0.25, 0.3) is 0 Å². The Morgan fingerprint density at radius 1 is 1.10 bits per heavy atom. The van der Waals surface area contributed by atoms with E-state index < -0.39 is 0 Å². The van der Waals surface area contributed by atoms with E-state index in [1.807, 2.05) is 11.3 Å². The minimum absolute atomic E-state index is 0.571. The molecule has 0 amide bonds. The van der Waals surface area contributed by atoms with Crippen LogP contribution in [0.5, 0.6) is 0 Å². The van der Waals surface area contributed by atoms with Crippen LogP contribution in [0, 0.1) is 5.92 Å². The lowest BCUT2D eigenvalue weighted by Crippen LogP contribution is -2.23. The van der Waals surface area contributed by atoms with E-state index in [-0.39, 0.29) is 0 Å². The SMILES string of the molecule is CCCCC(CC)CC(NCCC)c1ccc(CC)s1. The summed E-state index contributed by atoms with van der Waals surface area (Å²) in [6.07, 6.45) is 9.10. The molecule has 0 aliphatic rings. The Balaban J connectivity index is 2.66. The second kappa shape index (κ2) is 10.4. The molecular weight excluding hydrogens is 262 g/mol. The molecule has 1 aromatic rings. The quantitative estimate of drug-likeness (QED) is 0.531. The molecule has 1 rings (SSSR count). The van der Waals surface area contributed by atoms with Crippen molar-refractivity contribution in [3.05, 3.63) is 21.9 Å². The van der Waals surface area contributed by atoms with Crippen LogP contribution in [-0.2, 0) is 6.42 Å². The second-order valence-electron chi connectivity index (χ2n) is 5.82. The molecule has 1 aromatic heterocycles. The van der Waals surface area contributed by atoms with Crippen LogP contribution in [0.1, 0.15) is 82.0 Å². The predicted molar refractivity (Wildman–Crippen MR) is 92.7 cm³/mol. The number of aryl methyl sites for hydroxylation is 1. The van der Waals surface area contributed by atoms with Gasteiger partial charge in [0.2, 0.25) is 0 Å². The van der Waals surface area contributed by atoms with Crippen molar-refractivity contribution in [2.75, 3.05) is 6.54 Å². The summed E-state index contributed by atoms with van der Waals surface area (Å²) < 4.78 is 0. The summed E-state index contributed by atoms with van der Waals surface area (Å²) in [4.78, 5) is 3.06. The van der Waals surface area contributed by atoms with Gasteiger partial charge in [-0.1, -0.05) is 53.4 Å². The van der Waals surface area contributed by atoms with Gasteiger partial charge in [-0.15, -0.1) is 11.3 Å². The molecule has 20 heavy (non-hydrogen) atoms. The van der Waals surface area contributed by atoms with Crippen molar-refractivity contribution in [3.63, 3.8) is 0 Å². The topological polar surface area (TPSA) is 12.0 Å². The first-order valence-corrected chi connectivity index (χ1v) is 9.38. The number of hydrogen-bond donors (Lipinski definition) is 1. The first-order valence-electron chi connectivity index (χ1n) is 8.56. The lowest BCUT2D eigenvalue weighted by Gasteiger charge is -2.23. The van der Waals surface area contributed by atoms with Gasteiger partial charge in [0.05, 0.1) is 0 Å². The highest BCUT2D eigenvalue weighted by Gasteiger charge is 2.18. The second-order valence-corrected chi connectivity index (χ2v) is 7.02. The fraction of sp³-hybridized carbons (Fsp3) is 0.778. The third kappa shape index (κ3) is 5.97. The minimum Gasteiger partial charge on any atom is -0.309 e. The summed E-state index contributed by atoms with van der Waals surface area (Å²) in [6.45, 7) is 10.3. The minimum atomic E-state index is 0.571. The standard InChI is InChI=1S/C18H33NS/c1-5-9-10-15(7-3)14-17(19-13-6-2)18-12-11-16(8-4)20-18/h11-12,15,17,19H,5-10,13-14H2,1-4H3. The fourth-order valence-electron chi connectivity index (χ4n) is 2.71. The van der Waals surface area contributed by atoms with E-state index in [0.717, 1.165) is 18.9 Å². The van der Waals surface area contributed by atoms with E-state index in [1.54, 1.807) is 4.88 Å². The maximum Gasteiger partial charge on any atom is 0.0417 e. The Hall–Kier alpha value is -0.340. The molecule has 0 saturated heterocycles. The Bertz CT molecular complexity index is 345. The highest BCUT2D eigenvalue weighted by molar-refractivity contribution is 7.12. The zero-order chi connectivity index (χ0) is 14.8. The van der Waals surface area contributed by atoms with Crippen LogP contribution < -0.4 is 5.32 Å². The van der Waals surface area contributed by atoms with E-state index in [0.29, 0.717) is 6.04 Å². The fourth-order valence-corrected chi connectivity index (χ4v) is 3.75. The molecule has 116 valence electrons. The molecule has 0 aromatic carbocycles. The number of thiophene rings is 1. The first kappa shape index (κ1) is 17.7. The Kier molecular flexibility index (Phi) is 9.21. The Morgan fingerprint density at radius 3 is 2.45 bits per heavy atom. The monoisotopic (exact) mass is 295 g/mol. The number of rotatable bonds is 11. The molecule has 0 bridgehead atoms. The van der Waals surface area contributed by atoms with Crippen molar-refractivity contribution in [3.8, 4) is 0 Å². The molecule has 0 aliphatic heterocycles. The average molecular weight is 296 g/mol. The summed E-state index contributed by atoms with van der Waals surface area (Å²) >= 11 is 2.01. The van der Waals surface area contributed by atoms with Crippen LogP contribution in [0.2, 0.25) is 0 Å². The number of hydrogen-bond acceptors (Lipinski definition) is 2. The molecule has 1 nitrogen and oxygen atoms in total. The van der Waals surface area contributed by atoms with Gasteiger partial charge in [0.25, 0.3) is 0 Å². The molecule has 0 saturated carbocycles. The summed E-state index contributed by atoms with van der Waals surface area (Å²) in [5.41, 5.74) is 0. The van der Waals surface area contributed by atoms with Gasteiger partial charge in [-0.05, 0) is 43.9 Å². The van der Waals surface area contributed by atoms with Gasteiger partial charge in [-0.2, -0.15) is 0 Å². The zero-order valence-electron chi connectivity index (χ0n) is 13.9. The van der Waals surface area contributed by atoms with Crippen molar-refractivity contribution >= 4 is 11.3 Å². The Morgan fingerprint density at radius 2 is 1.90 bits per heavy atom. The van der Waals surface area contributed by atoms with Crippen molar-refractivity contribution in [2.45, 2.75) is 78.7 Å². The van der Waals surface area contributed by atoms with Gasteiger partial charge in [0, 0.05) is 15.8 Å². The average Bonchev–Trinajstić information content (AvgIpc) is 2.95. The van der Waals surface area contributed by atoms with Crippen molar-refractivity contribution in [1.82, 2.24) is 5.32 Å². The molecule has 1 heterocycles. The third-order valence-electron chi connectivity index (χ3n) is 4.13. The molecular formula is C18H33NS. The lowest BCUT2D eigenvalue weighted by molar-refractivity contribution is 0.356. The molecule has 0 radical (unpaired) electrons. The highest BCUT2D eigenvalue weighted by atomic mass is 32.1. The molecule has 0 fully saturated rings. The normalized spacial score (nSPS) is 14.4. The summed E-state index contributed by atoms with van der Waals surface area (Å²) in [5.74, 6) is 0.872. The van der Waals surface area contributed by atoms with Crippen molar-refractivity contribution in [2.24, 2.45) is 5.92 Å². The summed E-state index contributed by atoms with van der Waals surface area (Å²) in [7, 11) is 0.